The average molecular weight is 383 g/mol. The maximum atomic E-state index is 12.1. The number of benzene rings is 2. The molecule has 2 aromatic rings. The number of rotatable bonds is 10. The molecule has 0 radical (unpaired) electrons. The molecule has 0 saturated carbocycles. The minimum absolute atomic E-state index is 0.0889. The number of hydrogen-bond donors (Lipinski definition) is 3. The zero-order valence-corrected chi connectivity index (χ0v) is 16.7. The van der Waals surface area contributed by atoms with Crippen molar-refractivity contribution in [2.24, 2.45) is 0 Å². The van der Waals surface area contributed by atoms with Gasteiger partial charge in [0.05, 0.1) is 13.2 Å². The molecule has 2 rings (SSSR count). The highest BCUT2D eigenvalue weighted by molar-refractivity contribution is 5.95. The number of ether oxygens (including phenoxy) is 1. The van der Waals surface area contributed by atoms with E-state index in [1.54, 1.807) is 24.3 Å². The van der Waals surface area contributed by atoms with Crippen LogP contribution in [0.5, 0.6) is 5.75 Å². The van der Waals surface area contributed by atoms with Crippen LogP contribution in [-0.4, -0.2) is 31.0 Å². The summed E-state index contributed by atoms with van der Waals surface area (Å²) in [7, 11) is 0. The van der Waals surface area contributed by atoms with Gasteiger partial charge < -0.3 is 20.7 Å². The van der Waals surface area contributed by atoms with Gasteiger partial charge in [0.15, 0.2) is 0 Å². The maximum Gasteiger partial charge on any atom is 0.251 e. The number of anilines is 2. The fourth-order valence-corrected chi connectivity index (χ4v) is 2.44. The van der Waals surface area contributed by atoms with E-state index in [-0.39, 0.29) is 24.4 Å². The van der Waals surface area contributed by atoms with Crippen LogP contribution >= 0.6 is 0 Å². The first-order chi connectivity index (χ1) is 13.5. The van der Waals surface area contributed by atoms with Crippen LogP contribution in [0.1, 0.15) is 44.0 Å². The number of amides is 2. The Hall–Kier alpha value is -3.02. The van der Waals surface area contributed by atoms with Crippen molar-refractivity contribution < 1.29 is 14.3 Å². The summed E-state index contributed by atoms with van der Waals surface area (Å²) in [5, 5.41) is 8.73. The van der Waals surface area contributed by atoms with Gasteiger partial charge in [0.1, 0.15) is 5.75 Å². The second-order valence-corrected chi connectivity index (χ2v) is 6.83. The first-order valence-corrected chi connectivity index (χ1v) is 9.65. The van der Waals surface area contributed by atoms with Gasteiger partial charge in [-0.15, -0.1) is 0 Å². The lowest BCUT2D eigenvalue weighted by molar-refractivity contribution is -0.114. The molecule has 0 unspecified atom stereocenters. The van der Waals surface area contributed by atoms with Gasteiger partial charge in [0.25, 0.3) is 5.91 Å². The lowest BCUT2D eigenvalue weighted by Gasteiger charge is -2.11. The van der Waals surface area contributed by atoms with E-state index in [0.717, 1.165) is 30.0 Å². The number of hydrogen-bond acceptors (Lipinski definition) is 4. The Labute approximate surface area is 166 Å². The Bertz CT molecular complexity index is 756. The summed E-state index contributed by atoms with van der Waals surface area (Å²) in [4.78, 5) is 24.0. The van der Waals surface area contributed by atoms with Crippen LogP contribution in [0.3, 0.4) is 0 Å². The van der Waals surface area contributed by atoms with Crippen molar-refractivity contribution in [1.29, 1.82) is 0 Å². The first-order valence-electron chi connectivity index (χ1n) is 9.65. The second kappa shape index (κ2) is 11.0. The first kappa shape index (κ1) is 21.3. The minimum atomic E-state index is -0.152. The number of unbranched alkanes of at least 4 members (excludes halogenated alkanes) is 1. The molecule has 0 aliphatic rings. The van der Waals surface area contributed by atoms with Gasteiger partial charge in [0.2, 0.25) is 5.91 Å². The summed E-state index contributed by atoms with van der Waals surface area (Å²) in [6.45, 7) is 6.78. The Balaban J connectivity index is 1.78. The smallest absolute Gasteiger partial charge is 0.251 e. The Kier molecular flexibility index (Phi) is 8.34. The molecule has 0 spiro atoms. The van der Waals surface area contributed by atoms with Gasteiger partial charge in [0, 0.05) is 23.0 Å². The van der Waals surface area contributed by atoms with Crippen molar-refractivity contribution in [2.45, 2.75) is 39.7 Å². The summed E-state index contributed by atoms with van der Waals surface area (Å²) in [5.41, 5.74) is 2.08. The predicted molar refractivity (Wildman–Crippen MR) is 113 cm³/mol. The van der Waals surface area contributed by atoms with Gasteiger partial charge in [-0.1, -0.05) is 13.3 Å². The number of carbonyl (C=O) groups is 2. The van der Waals surface area contributed by atoms with Crippen LogP contribution in [0.25, 0.3) is 0 Å². The fourth-order valence-electron chi connectivity index (χ4n) is 2.44. The lowest BCUT2D eigenvalue weighted by atomic mass is 10.2. The van der Waals surface area contributed by atoms with E-state index in [4.69, 9.17) is 4.74 Å². The third kappa shape index (κ3) is 7.31. The molecule has 0 heterocycles. The van der Waals surface area contributed by atoms with E-state index < -0.39 is 0 Å². The average Bonchev–Trinajstić information content (AvgIpc) is 2.68. The molecule has 28 heavy (non-hydrogen) atoms. The highest BCUT2D eigenvalue weighted by Gasteiger charge is 2.07. The van der Waals surface area contributed by atoms with Gasteiger partial charge in [-0.2, -0.15) is 0 Å². The van der Waals surface area contributed by atoms with Crippen LogP contribution in [0, 0.1) is 0 Å². The molecular weight excluding hydrogens is 354 g/mol. The SMILES string of the molecule is CCCCOc1ccc(NC(=O)CNc2ccc(C(=O)NC(C)C)cc2)cc1. The fraction of sp³-hybridized carbons (Fsp3) is 0.364. The van der Waals surface area contributed by atoms with Crippen molar-refractivity contribution >= 4 is 23.2 Å². The summed E-state index contributed by atoms with van der Waals surface area (Å²) in [5.74, 6) is 0.536. The molecule has 0 aliphatic heterocycles. The van der Waals surface area contributed by atoms with Crippen LogP contribution in [0.15, 0.2) is 48.5 Å². The Morgan fingerprint density at radius 2 is 1.61 bits per heavy atom. The van der Waals surface area contributed by atoms with E-state index in [0.29, 0.717) is 12.2 Å². The van der Waals surface area contributed by atoms with E-state index in [2.05, 4.69) is 22.9 Å². The number of carbonyl (C=O) groups excluding carboxylic acids is 2. The molecule has 2 amide bonds. The standard InChI is InChI=1S/C22H29N3O3/c1-4-5-14-28-20-12-10-19(11-13-20)25-21(26)15-23-18-8-6-17(7-9-18)22(27)24-16(2)3/h6-13,16,23H,4-5,14-15H2,1-3H3,(H,24,27)(H,25,26). The van der Waals surface area contributed by atoms with Gasteiger partial charge in [-0.3, -0.25) is 9.59 Å². The van der Waals surface area contributed by atoms with Crippen molar-refractivity contribution in [1.82, 2.24) is 5.32 Å². The molecule has 0 aliphatic carbocycles. The van der Waals surface area contributed by atoms with Crippen LogP contribution < -0.4 is 20.7 Å². The second-order valence-electron chi connectivity index (χ2n) is 6.83. The normalized spacial score (nSPS) is 10.4. The van der Waals surface area contributed by atoms with Gasteiger partial charge >= 0.3 is 0 Å². The zero-order chi connectivity index (χ0) is 20.4. The molecule has 0 fully saturated rings. The van der Waals surface area contributed by atoms with E-state index >= 15 is 0 Å². The van der Waals surface area contributed by atoms with Gasteiger partial charge in [-0.25, -0.2) is 0 Å². The molecule has 0 bridgehead atoms. The van der Waals surface area contributed by atoms with Crippen molar-refractivity contribution in [3.8, 4) is 5.75 Å². The Morgan fingerprint density at radius 1 is 0.964 bits per heavy atom. The molecule has 0 atom stereocenters. The highest BCUT2D eigenvalue weighted by Crippen LogP contribution is 2.16. The monoisotopic (exact) mass is 383 g/mol. The van der Waals surface area contributed by atoms with Crippen molar-refractivity contribution in [3.05, 3.63) is 54.1 Å². The summed E-state index contributed by atoms with van der Waals surface area (Å²) in [6, 6.07) is 14.5. The van der Waals surface area contributed by atoms with Crippen LogP contribution in [-0.2, 0) is 4.79 Å². The van der Waals surface area contributed by atoms with Crippen LogP contribution in [0.2, 0.25) is 0 Å². The molecular formula is C22H29N3O3. The van der Waals surface area contributed by atoms with E-state index in [1.165, 1.54) is 0 Å². The van der Waals surface area contributed by atoms with E-state index in [1.807, 2.05) is 38.1 Å². The number of nitrogens with one attached hydrogen (secondary N) is 3. The third-order valence-electron chi connectivity index (χ3n) is 3.92. The zero-order valence-electron chi connectivity index (χ0n) is 16.7. The van der Waals surface area contributed by atoms with Crippen LogP contribution in [0.4, 0.5) is 11.4 Å². The third-order valence-corrected chi connectivity index (χ3v) is 3.92. The molecule has 0 aromatic heterocycles. The van der Waals surface area contributed by atoms with Crippen molar-refractivity contribution in [2.75, 3.05) is 23.8 Å². The van der Waals surface area contributed by atoms with Crippen molar-refractivity contribution in [3.63, 3.8) is 0 Å². The lowest BCUT2D eigenvalue weighted by Crippen LogP contribution is -2.30. The minimum Gasteiger partial charge on any atom is -0.494 e. The Morgan fingerprint density at radius 3 is 2.21 bits per heavy atom. The predicted octanol–water partition coefficient (Wildman–Crippen LogP) is 4.05. The largest absolute Gasteiger partial charge is 0.494 e. The highest BCUT2D eigenvalue weighted by atomic mass is 16.5. The molecule has 2 aromatic carbocycles. The van der Waals surface area contributed by atoms with Gasteiger partial charge in [-0.05, 0) is 68.8 Å². The molecule has 3 N–H and O–H groups in total. The topological polar surface area (TPSA) is 79.5 Å². The molecule has 0 saturated heterocycles. The quantitative estimate of drug-likeness (QED) is 0.541. The molecule has 6 nitrogen and oxygen atoms in total. The summed E-state index contributed by atoms with van der Waals surface area (Å²) < 4.78 is 5.61. The molecule has 6 heteroatoms. The van der Waals surface area contributed by atoms with E-state index in [9.17, 15) is 9.59 Å². The summed E-state index contributed by atoms with van der Waals surface area (Å²) >= 11 is 0. The maximum absolute atomic E-state index is 12.1. The molecule has 150 valence electrons. The summed E-state index contributed by atoms with van der Waals surface area (Å²) in [6.07, 6.45) is 2.11.